The van der Waals surface area contributed by atoms with E-state index in [0.29, 0.717) is 10.4 Å². The number of H-pyrrole nitrogens is 1. The van der Waals surface area contributed by atoms with Gasteiger partial charge in [-0.3, -0.25) is 9.89 Å². The van der Waals surface area contributed by atoms with E-state index in [-0.39, 0.29) is 23.1 Å². The average Bonchev–Trinajstić information content (AvgIpc) is 3.05. The Morgan fingerprint density at radius 1 is 1.45 bits per heavy atom. The number of anilines is 1. The maximum Gasteiger partial charge on any atom is 0.371 e. The molecule has 102 valence electrons. The van der Waals surface area contributed by atoms with E-state index in [0.717, 1.165) is 4.47 Å². The van der Waals surface area contributed by atoms with E-state index in [9.17, 15) is 9.59 Å². The summed E-state index contributed by atoms with van der Waals surface area (Å²) in [6.45, 7) is 0. The molecule has 0 unspecified atom stereocenters. The zero-order chi connectivity index (χ0) is 14.3. The molecule has 0 aliphatic rings. The van der Waals surface area contributed by atoms with Gasteiger partial charge in [0.1, 0.15) is 5.52 Å². The second kappa shape index (κ2) is 4.76. The van der Waals surface area contributed by atoms with E-state index in [4.69, 9.17) is 9.52 Å². The molecule has 1 amide bonds. The number of carboxylic acid groups (broad SMARTS) is 1. The minimum atomic E-state index is -1.19. The number of fused-ring (bicyclic) bond motifs is 1. The van der Waals surface area contributed by atoms with Crippen LogP contribution in [0.2, 0.25) is 0 Å². The number of nitrogens with zero attached hydrogens (tertiary/aromatic N) is 1. The highest BCUT2D eigenvalue weighted by Gasteiger charge is 2.18. The third-order valence-electron chi connectivity index (χ3n) is 2.47. The van der Waals surface area contributed by atoms with Gasteiger partial charge in [0.05, 0.1) is 4.88 Å². The molecule has 3 heterocycles. The predicted octanol–water partition coefficient (Wildman–Crippen LogP) is 2.93. The maximum absolute atomic E-state index is 12.0. The quantitative estimate of drug-likeness (QED) is 0.669. The molecule has 0 atom stereocenters. The molecule has 0 spiro atoms. The molecule has 0 fully saturated rings. The van der Waals surface area contributed by atoms with Crippen LogP contribution in [0, 0.1) is 0 Å². The van der Waals surface area contributed by atoms with Crippen LogP contribution < -0.4 is 5.32 Å². The highest BCUT2D eigenvalue weighted by Crippen LogP contribution is 2.26. The van der Waals surface area contributed by atoms with Crippen LogP contribution in [0.4, 0.5) is 5.82 Å². The van der Waals surface area contributed by atoms with Crippen LogP contribution in [0.1, 0.15) is 20.2 Å². The van der Waals surface area contributed by atoms with Gasteiger partial charge >= 0.3 is 5.97 Å². The van der Waals surface area contributed by atoms with Crippen molar-refractivity contribution in [2.45, 2.75) is 0 Å². The fraction of sp³-hybridized carbons (Fsp3) is 0. The lowest BCUT2D eigenvalue weighted by atomic mass is 10.4. The maximum atomic E-state index is 12.0. The number of hydrogen-bond acceptors (Lipinski definition) is 5. The monoisotopic (exact) mass is 355 g/mol. The van der Waals surface area contributed by atoms with Crippen molar-refractivity contribution < 1.29 is 19.1 Å². The summed E-state index contributed by atoms with van der Waals surface area (Å²) in [5, 5.41) is 19.7. The van der Waals surface area contributed by atoms with Gasteiger partial charge in [0.15, 0.2) is 11.4 Å². The molecule has 0 radical (unpaired) electrons. The standard InChI is InChI=1S/C11H6BrN3O4S/c12-4-1-7(20-3-4)10(16)13-9-8-5(14-15-9)2-6(19-8)11(17)18/h1-3H,(H,17,18)(H2,13,14,15,16). The highest BCUT2D eigenvalue weighted by atomic mass is 79.9. The van der Waals surface area contributed by atoms with E-state index in [1.807, 2.05) is 0 Å². The summed E-state index contributed by atoms with van der Waals surface area (Å²) < 4.78 is 5.94. The Kier molecular flexibility index (Phi) is 3.07. The van der Waals surface area contributed by atoms with Crippen LogP contribution >= 0.6 is 27.3 Å². The summed E-state index contributed by atoms with van der Waals surface area (Å²) in [7, 11) is 0. The number of carbonyl (C=O) groups is 2. The third kappa shape index (κ3) is 2.21. The van der Waals surface area contributed by atoms with Gasteiger partial charge in [0.25, 0.3) is 5.91 Å². The number of hydrogen-bond donors (Lipinski definition) is 3. The molecule has 3 N–H and O–H groups in total. The molecule has 3 aromatic rings. The molecule has 0 saturated heterocycles. The van der Waals surface area contributed by atoms with E-state index in [1.54, 1.807) is 11.4 Å². The first kappa shape index (κ1) is 12.9. The first-order chi connectivity index (χ1) is 9.54. The molecule has 3 rings (SSSR count). The number of thiophene rings is 1. The van der Waals surface area contributed by atoms with Gasteiger partial charge in [-0.25, -0.2) is 4.79 Å². The van der Waals surface area contributed by atoms with Gasteiger partial charge in [0, 0.05) is 15.9 Å². The number of aromatic nitrogens is 2. The SMILES string of the molecule is O=C(O)c1cc2[nH]nc(NC(=O)c3cc(Br)cs3)c2o1. The van der Waals surface area contributed by atoms with Crippen molar-refractivity contribution >= 4 is 56.1 Å². The van der Waals surface area contributed by atoms with Gasteiger partial charge in [-0.05, 0) is 22.0 Å². The van der Waals surface area contributed by atoms with Gasteiger partial charge in [0.2, 0.25) is 5.76 Å². The molecular formula is C11H6BrN3O4S. The molecule has 7 nitrogen and oxygen atoms in total. The number of amides is 1. The predicted molar refractivity (Wildman–Crippen MR) is 75.3 cm³/mol. The Morgan fingerprint density at radius 3 is 2.90 bits per heavy atom. The normalized spacial score (nSPS) is 10.8. The van der Waals surface area contributed by atoms with Crippen molar-refractivity contribution in [3.63, 3.8) is 0 Å². The summed E-state index contributed by atoms with van der Waals surface area (Å²) in [5.74, 6) is -1.60. The molecule has 0 saturated carbocycles. The molecule has 3 aromatic heterocycles. The summed E-state index contributed by atoms with van der Waals surface area (Å²) in [6, 6.07) is 2.98. The van der Waals surface area contributed by atoms with Crippen molar-refractivity contribution in [3.8, 4) is 0 Å². The lowest BCUT2D eigenvalue weighted by Gasteiger charge is -1.98. The molecule has 9 heteroatoms. The van der Waals surface area contributed by atoms with Gasteiger partial charge in [-0.2, -0.15) is 5.10 Å². The molecule has 0 aromatic carbocycles. The van der Waals surface area contributed by atoms with E-state index in [1.165, 1.54) is 17.4 Å². The minimum Gasteiger partial charge on any atom is -0.475 e. The first-order valence-electron chi connectivity index (χ1n) is 5.31. The second-order valence-corrected chi connectivity index (χ2v) is 5.64. The smallest absolute Gasteiger partial charge is 0.371 e. The lowest BCUT2D eigenvalue weighted by molar-refractivity contribution is 0.0665. The Bertz CT molecular complexity index is 819. The van der Waals surface area contributed by atoms with Gasteiger partial charge < -0.3 is 14.8 Å². The fourth-order valence-corrected chi connectivity index (χ4v) is 2.93. The topological polar surface area (TPSA) is 108 Å². The van der Waals surface area contributed by atoms with Crippen molar-refractivity contribution in [3.05, 3.63) is 32.6 Å². The van der Waals surface area contributed by atoms with Crippen LogP contribution in [-0.4, -0.2) is 27.2 Å². The van der Waals surface area contributed by atoms with E-state index < -0.39 is 5.97 Å². The average molecular weight is 356 g/mol. The number of furan rings is 1. The summed E-state index contributed by atoms with van der Waals surface area (Å²) in [6.07, 6.45) is 0. The van der Waals surface area contributed by atoms with E-state index >= 15 is 0 Å². The number of carboxylic acids is 1. The highest BCUT2D eigenvalue weighted by molar-refractivity contribution is 9.10. The van der Waals surface area contributed by atoms with Crippen LogP contribution in [0.15, 0.2) is 26.4 Å². The molecule has 0 aliphatic heterocycles. The van der Waals surface area contributed by atoms with Gasteiger partial charge in [-0.15, -0.1) is 11.3 Å². The van der Waals surface area contributed by atoms with E-state index in [2.05, 4.69) is 31.4 Å². The van der Waals surface area contributed by atoms with Crippen LogP contribution in [-0.2, 0) is 0 Å². The molecular weight excluding hydrogens is 350 g/mol. The summed E-state index contributed by atoms with van der Waals surface area (Å²) in [4.78, 5) is 23.3. The summed E-state index contributed by atoms with van der Waals surface area (Å²) in [5.41, 5.74) is 0.608. The Labute approximate surface area is 123 Å². The van der Waals surface area contributed by atoms with Crippen LogP contribution in [0.25, 0.3) is 11.1 Å². The molecule has 0 aliphatic carbocycles. The van der Waals surface area contributed by atoms with Crippen molar-refractivity contribution in [1.82, 2.24) is 10.2 Å². The largest absolute Gasteiger partial charge is 0.475 e. The first-order valence-corrected chi connectivity index (χ1v) is 6.98. The van der Waals surface area contributed by atoms with Crippen molar-refractivity contribution in [2.24, 2.45) is 0 Å². The fourth-order valence-electron chi connectivity index (χ4n) is 1.61. The number of aromatic carboxylic acids is 1. The summed E-state index contributed by atoms with van der Waals surface area (Å²) >= 11 is 4.54. The minimum absolute atomic E-state index is 0.155. The third-order valence-corrected chi connectivity index (χ3v) is 4.16. The zero-order valence-electron chi connectivity index (χ0n) is 9.64. The Balaban J connectivity index is 1.90. The van der Waals surface area contributed by atoms with Crippen LogP contribution in [0.3, 0.4) is 0 Å². The van der Waals surface area contributed by atoms with Gasteiger partial charge in [-0.1, -0.05) is 0 Å². The number of nitrogens with one attached hydrogen (secondary N) is 2. The number of halogens is 1. The van der Waals surface area contributed by atoms with Crippen LogP contribution in [0.5, 0.6) is 0 Å². The van der Waals surface area contributed by atoms with Crippen molar-refractivity contribution in [1.29, 1.82) is 0 Å². The molecule has 0 bridgehead atoms. The van der Waals surface area contributed by atoms with Crippen molar-refractivity contribution in [2.75, 3.05) is 5.32 Å². The molecule has 20 heavy (non-hydrogen) atoms. The lowest BCUT2D eigenvalue weighted by Crippen LogP contribution is -2.10. The number of carbonyl (C=O) groups excluding carboxylic acids is 1. The second-order valence-electron chi connectivity index (χ2n) is 3.81. The number of rotatable bonds is 3. The number of aromatic amines is 1. The Morgan fingerprint density at radius 2 is 2.25 bits per heavy atom. The zero-order valence-corrected chi connectivity index (χ0v) is 12.0. The Hall–Kier alpha value is -2.13.